The largest absolute Gasteiger partial charge is 0.373 e. The monoisotopic (exact) mass is 308 g/mol. The Morgan fingerprint density at radius 1 is 1.39 bits per heavy atom. The molecule has 1 aliphatic rings. The molecule has 0 fully saturated rings. The molecule has 1 aromatic carbocycles. The van der Waals surface area contributed by atoms with Gasteiger partial charge in [0.1, 0.15) is 6.04 Å². The first kappa shape index (κ1) is 13.1. The van der Waals surface area contributed by atoms with Gasteiger partial charge in [0.15, 0.2) is 0 Å². The Balaban J connectivity index is 2.14. The van der Waals surface area contributed by atoms with E-state index in [-0.39, 0.29) is 17.9 Å². The van der Waals surface area contributed by atoms with Gasteiger partial charge in [0, 0.05) is 10.2 Å². The Labute approximate surface area is 116 Å². The van der Waals surface area contributed by atoms with Gasteiger partial charge in [-0.15, -0.1) is 0 Å². The molecule has 0 radical (unpaired) electrons. The summed E-state index contributed by atoms with van der Waals surface area (Å²) in [5.74, 6) is -0.00865. The van der Waals surface area contributed by atoms with Crippen molar-refractivity contribution < 1.29 is 4.79 Å². The van der Waals surface area contributed by atoms with E-state index in [9.17, 15) is 4.79 Å². The third kappa shape index (κ3) is 3.13. The van der Waals surface area contributed by atoms with Crippen LogP contribution in [-0.4, -0.2) is 11.9 Å². The van der Waals surface area contributed by atoms with Gasteiger partial charge in [-0.05, 0) is 53.2 Å². The van der Waals surface area contributed by atoms with Crippen molar-refractivity contribution in [1.29, 1.82) is 0 Å². The summed E-state index contributed by atoms with van der Waals surface area (Å²) in [5, 5.41) is 3.26. The molecule has 0 saturated carbocycles. The summed E-state index contributed by atoms with van der Waals surface area (Å²) in [6, 6.07) is 7.46. The first-order valence-corrected chi connectivity index (χ1v) is 6.93. The summed E-state index contributed by atoms with van der Waals surface area (Å²) in [7, 11) is 0. The minimum Gasteiger partial charge on any atom is -0.373 e. The highest BCUT2D eigenvalue weighted by Crippen LogP contribution is 2.27. The zero-order valence-corrected chi connectivity index (χ0v) is 11.7. The molecule has 0 aromatic heterocycles. The fraction of sp³-hybridized carbons (Fsp3) is 0.357. The molecule has 0 heterocycles. The number of halogens is 1. The van der Waals surface area contributed by atoms with Crippen LogP contribution in [0.5, 0.6) is 0 Å². The average Bonchev–Trinajstić information content (AvgIpc) is 2.38. The Bertz CT molecular complexity index is 459. The minimum atomic E-state index is -0.311. The first-order valence-electron chi connectivity index (χ1n) is 6.14. The summed E-state index contributed by atoms with van der Waals surface area (Å²) in [6.07, 6.45) is 7.22. The summed E-state index contributed by atoms with van der Waals surface area (Å²) in [4.78, 5) is 11.6. The highest BCUT2D eigenvalue weighted by atomic mass is 79.9. The number of rotatable bonds is 4. The van der Waals surface area contributed by atoms with Crippen LogP contribution < -0.4 is 11.1 Å². The molecule has 0 spiro atoms. The molecular weight excluding hydrogens is 292 g/mol. The topological polar surface area (TPSA) is 55.1 Å². The van der Waals surface area contributed by atoms with Crippen LogP contribution in [0.2, 0.25) is 0 Å². The van der Waals surface area contributed by atoms with E-state index in [1.807, 2.05) is 24.3 Å². The summed E-state index contributed by atoms with van der Waals surface area (Å²) < 4.78 is 0.947. The minimum absolute atomic E-state index is 0.277. The first-order chi connectivity index (χ1) is 8.68. The number of carbonyl (C=O) groups excluding carboxylic acids is 1. The van der Waals surface area contributed by atoms with Crippen molar-refractivity contribution >= 4 is 27.5 Å². The molecule has 96 valence electrons. The van der Waals surface area contributed by atoms with Crippen molar-refractivity contribution in [2.45, 2.75) is 25.3 Å². The Morgan fingerprint density at radius 3 is 2.78 bits per heavy atom. The van der Waals surface area contributed by atoms with Crippen molar-refractivity contribution in [3.63, 3.8) is 0 Å². The highest BCUT2D eigenvalue weighted by molar-refractivity contribution is 9.10. The number of nitrogens with one attached hydrogen (secondary N) is 1. The Kier molecular flexibility index (Phi) is 4.42. The predicted molar refractivity (Wildman–Crippen MR) is 77.2 cm³/mol. The number of nitrogens with two attached hydrogens (primary N) is 1. The molecule has 3 N–H and O–H groups in total. The maximum atomic E-state index is 11.6. The SMILES string of the molecule is NC(=O)C(Nc1ccccc1Br)C1CC=CCC1. The molecule has 2 atom stereocenters. The van der Waals surface area contributed by atoms with Crippen molar-refractivity contribution in [2.75, 3.05) is 5.32 Å². The normalized spacial score (nSPS) is 20.4. The molecule has 1 aliphatic carbocycles. The lowest BCUT2D eigenvalue weighted by molar-refractivity contribution is -0.119. The van der Waals surface area contributed by atoms with E-state index in [1.54, 1.807) is 0 Å². The maximum Gasteiger partial charge on any atom is 0.240 e. The number of allylic oxidation sites excluding steroid dienone is 2. The van der Waals surface area contributed by atoms with Crippen molar-refractivity contribution in [3.05, 3.63) is 40.9 Å². The molecule has 18 heavy (non-hydrogen) atoms. The van der Waals surface area contributed by atoms with E-state index in [4.69, 9.17) is 5.73 Å². The van der Waals surface area contributed by atoms with Crippen LogP contribution in [0.3, 0.4) is 0 Å². The number of benzene rings is 1. The van der Waals surface area contributed by atoms with E-state index in [0.717, 1.165) is 29.4 Å². The second-order valence-corrected chi connectivity index (χ2v) is 5.40. The van der Waals surface area contributed by atoms with Gasteiger partial charge in [-0.1, -0.05) is 24.3 Å². The third-order valence-corrected chi connectivity index (χ3v) is 3.96. The lowest BCUT2D eigenvalue weighted by Crippen LogP contribution is -2.42. The number of anilines is 1. The van der Waals surface area contributed by atoms with Gasteiger partial charge in [0.2, 0.25) is 5.91 Å². The molecule has 4 heteroatoms. The summed E-state index contributed by atoms with van der Waals surface area (Å²) in [6.45, 7) is 0. The van der Waals surface area contributed by atoms with E-state index < -0.39 is 0 Å². The molecular formula is C14H17BrN2O. The smallest absolute Gasteiger partial charge is 0.240 e. The second kappa shape index (κ2) is 6.05. The number of hydrogen-bond donors (Lipinski definition) is 2. The number of carbonyl (C=O) groups is 1. The van der Waals surface area contributed by atoms with Crippen molar-refractivity contribution in [1.82, 2.24) is 0 Å². The quantitative estimate of drug-likeness (QED) is 0.840. The molecule has 0 aliphatic heterocycles. The second-order valence-electron chi connectivity index (χ2n) is 4.55. The van der Waals surface area contributed by atoms with Crippen LogP contribution in [0.15, 0.2) is 40.9 Å². The zero-order valence-electron chi connectivity index (χ0n) is 10.1. The fourth-order valence-electron chi connectivity index (χ4n) is 2.29. The van der Waals surface area contributed by atoms with Gasteiger partial charge in [-0.3, -0.25) is 4.79 Å². The van der Waals surface area contributed by atoms with Gasteiger partial charge in [-0.2, -0.15) is 0 Å². The number of amides is 1. The van der Waals surface area contributed by atoms with E-state index in [0.29, 0.717) is 0 Å². The third-order valence-electron chi connectivity index (χ3n) is 3.27. The summed E-state index contributed by atoms with van der Waals surface area (Å²) in [5.41, 5.74) is 6.44. The Hall–Kier alpha value is -1.29. The molecule has 0 saturated heterocycles. The molecule has 1 amide bonds. The fourth-order valence-corrected chi connectivity index (χ4v) is 2.69. The number of para-hydroxylation sites is 1. The van der Waals surface area contributed by atoms with Gasteiger partial charge < -0.3 is 11.1 Å². The summed E-state index contributed by atoms with van der Waals surface area (Å²) >= 11 is 3.47. The van der Waals surface area contributed by atoms with Crippen molar-refractivity contribution in [3.8, 4) is 0 Å². The maximum absolute atomic E-state index is 11.6. The predicted octanol–water partition coefficient (Wildman–Crippen LogP) is 3.07. The van der Waals surface area contributed by atoms with Crippen LogP contribution in [0.4, 0.5) is 5.69 Å². The Morgan fingerprint density at radius 2 is 2.17 bits per heavy atom. The van der Waals surface area contributed by atoms with Gasteiger partial charge in [0.25, 0.3) is 0 Å². The molecule has 2 unspecified atom stereocenters. The number of primary amides is 1. The van der Waals surface area contributed by atoms with E-state index in [1.165, 1.54) is 0 Å². The standard InChI is InChI=1S/C14H17BrN2O/c15-11-8-4-5-9-12(11)17-13(14(16)18)10-6-2-1-3-7-10/h1-2,4-5,8-10,13,17H,3,6-7H2,(H2,16,18). The van der Waals surface area contributed by atoms with Crippen LogP contribution in [-0.2, 0) is 4.79 Å². The molecule has 1 aromatic rings. The highest BCUT2D eigenvalue weighted by Gasteiger charge is 2.26. The van der Waals surface area contributed by atoms with Gasteiger partial charge >= 0.3 is 0 Å². The zero-order chi connectivity index (χ0) is 13.0. The lowest BCUT2D eigenvalue weighted by Gasteiger charge is -2.27. The molecule has 3 nitrogen and oxygen atoms in total. The average molecular weight is 309 g/mol. The lowest BCUT2D eigenvalue weighted by atomic mass is 9.87. The molecule has 0 bridgehead atoms. The van der Waals surface area contributed by atoms with Gasteiger partial charge in [-0.25, -0.2) is 0 Å². The van der Waals surface area contributed by atoms with Crippen LogP contribution >= 0.6 is 15.9 Å². The van der Waals surface area contributed by atoms with Gasteiger partial charge in [0.05, 0.1) is 0 Å². The van der Waals surface area contributed by atoms with E-state index in [2.05, 4.69) is 33.4 Å². The van der Waals surface area contributed by atoms with Crippen LogP contribution in [0, 0.1) is 5.92 Å². The molecule has 2 rings (SSSR count). The van der Waals surface area contributed by atoms with E-state index >= 15 is 0 Å². The van der Waals surface area contributed by atoms with Crippen LogP contribution in [0.1, 0.15) is 19.3 Å². The van der Waals surface area contributed by atoms with Crippen molar-refractivity contribution in [2.24, 2.45) is 11.7 Å². The van der Waals surface area contributed by atoms with Crippen LogP contribution in [0.25, 0.3) is 0 Å². The number of hydrogen-bond acceptors (Lipinski definition) is 2.